The lowest BCUT2D eigenvalue weighted by Gasteiger charge is -2.10. The van der Waals surface area contributed by atoms with Crippen molar-refractivity contribution in [3.8, 4) is 5.75 Å². The van der Waals surface area contributed by atoms with Gasteiger partial charge in [0.05, 0.1) is 16.7 Å². The van der Waals surface area contributed by atoms with Gasteiger partial charge >= 0.3 is 12.2 Å². The first kappa shape index (κ1) is 19.6. The SMILES string of the molecule is CCCNC(=O)NOc1ccn(S(=O)(=O)c2cccc(C(F)(F)F)c2)c1. The summed E-state index contributed by atoms with van der Waals surface area (Å²) in [5, 5.41) is 2.48. The van der Waals surface area contributed by atoms with Crippen LogP contribution in [0.3, 0.4) is 0 Å². The number of halogens is 3. The van der Waals surface area contributed by atoms with Crippen molar-refractivity contribution in [3.05, 3.63) is 48.3 Å². The monoisotopic (exact) mass is 391 g/mol. The molecule has 2 N–H and O–H groups in total. The lowest BCUT2D eigenvalue weighted by atomic mass is 10.2. The van der Waals surface area contributed by atoms with E-state index in [1.165, 1.54) is 6.07 Å². The number of amides is 2. The van der Waals surface area contributed by atoms with Crippen molar-refractivity contribution in [1.82, 2.24) is 14.8 Å². The Labute approximate surface area is 147 Å². The van der Waals surface area contributed by atoms with E-state index in [9.17, 15) is 26.4 Å². The summed E-state index contributed by atoms with van der Waals surface area (Å²) in [4.78, 5) is 15.8. The average Bonchev–Trinajstić information content (AvgIpc) is 3.07. The Kier molecular flexibility index (Phi) is 5.80. The lowest BCUT2D eigenvalue weighted by molar-refractivity contribution is -0.137. The van der Waals surface area contributed by atoms with E-state index < -0.39 is 32.7 Å². The molecule has 0 bridgehead atoms. The normalized spacial score (nSPS) is 11.8. The molecule has 2 amide bonds. The maximum Gasteiger partial charge on any atom is 0.416 e. The van der Waals surface area contributed by atoms with Gasteiger partial charge in [0.1, 0.15) is 0 Å². The van der Waals surface area contributed by atoms with Crippen molar-refractivity contribution in [1.29, 1.82) is 0 Å². The van der Waals surface area contributed by atoms with Gasteiger partial charge in [0, 0.05) is 18.8 Å². The molecule has 0 unspecified atom stereocenters. The third-order valence-electron chi connectivity index (χ3n) is 3.17. The Morgan fingerprint density at radius 1 is 1.27 bits per heavy atom. The molecule has 0 radical (unpaired) electrons. The number of carbonyl (C=O) groups excluding carboxylic acids is 1. The second kappa shape index (κ2) is 7.68. The minimum Gasteiger partial charge on any atom is -0.376 e. The van der Waals surface area contributed by atoms with Crippen molar-refractivity contribution in [2.75, 3.05) is 6.54 Å². The molecule has 0 fully saturated rings. The Bertz CT molecular complexity index is 878. The first-order valence-electron chi connectivity index (χ1n) is 7.46. The van der Waals surface area contributed by atoms with Gasteiger partial charge in [-0.25, -0.2) is 17.2 Å². The minimum atomic E-state index is -4.66. The molecule has 11 heteroatoms. The van der Waals surface area contributed by atoms with Crippen molar-refractivity contribution in [2.45, 2.75) is 24.4 Å². The van der Waals surface area contributed by atoms with Gasteiger partial charge < -0.3 is 10.2 Å². The topological polar surface area (TPSA) is 89.4 Å². The highest BCUT2D eigenvalue weighted by Gasteiger charge is 2.32. The summed E-state index contributed by atoms with van der Waals surface area (Å²) in [5.74, 6) is -0.00722. The molecule has 1 aromatic carbocycles. The molecule has 0 aliphatic carbocycles. The number of hydrogen-bond acceptors (Lipinski definition) is 4. The van der Waals surface area contributed by atoms with Crippen molar-refractivity contribution >= 4 is 16.1 Å². The van der Waals surface area contributed by atoms with Crippen LogP contribution in [0.5, 0.6) is 5.75 Å². The number of hydrogen-bond donors (Lipinski definition) is 2. The van der Waals surface area contributed by atoms with E-state index in [0.29, 0.717) is 16.6 Å². The van der Waals surface area contributed by atoms with Crippen LogP contribution >= 0.6 is 0 Å². The summed E-state index contributed by atoms with van der Waals surface area (Å²) in [7, 11) is -4.25. The summed E-state index contributed by atoms with van der Waals surface area (Å²) >= 11 is 0. The molecule has 26 heavy (non-hydrogen) atoms. The van der Waals surface area contributed by atoms with E-state index in [-0.39, 0.29) is 5.75 Å². The zero-order chi connectivity index (χ0) is 19.4. The molecule has 0 saturated carbocycles. The van der Waals surface area contributed by atoms with E-state index in [4.69, 9.17) is 4.84 Å². The van der Waals surface area contributed by atoms with Gasteiger partial charge in [-0.15, -0.1) is 0 Å². The zero-order valence-corrected chi connectivity index (χ0v) is 14.4. The van der Waals surface area contributed by atoms with Crippen LogP contribution in [0.2, 0.25) is 0 Å². The number of benzene rings is 1. The molecule has 2 rings (SSSR count). The fourth-order valence-corrected chi connectivity index (χ4v) is 3.14. The largest absolute Gasteiger partial charge is 0.416 e. The maximum atomic E-state index is 12.8. The number of rotatable bonds is 6. The number of alkyl halides is 3. The lowest BCUT2D eigenvalue weighted by Crippen LogP contribution is -2.37. The molecule has 1 heterocycles. The molecule has 0 aliphatic heterocycles. The Morgan fingerprint density at radius 2 is 2.00 bits per heavy atom. The molecular formula is C15H16F3N3O4S. The molecule has 0 saturated heterocycles. The van der Waals surface area contributed by atoms with E-state index in [0.717, 1.165) is 37.0 Å². The van der Waals surface area contributed by atoms with E-state index in [2.05, 4.69) is 10.8 Å². The summed E-state index contributed by atoms with van der Waals surface area (Å²) in [5.41, 5.74) is 0.988. The minimum absolute atomic E-state index is 0.00722. The molecule has 0 spiro atoms. The van der Waals surface area contributed by atoms with Crippen molar-refractivity contribution in [3.63, 3.8) is 0 Å². The van der Waals surface area contributed by atoms with E-state index in [1.54, 1.807) is 0 Å². The molecule has 0 atom stereocenters. The van der Waals surface area contributed by atoms with Crippen molar-refractivity contribution in [2.24, 2.45) is 0 Å². The molecule has 1 aromatic heterocycles. The molecule has 0 aliphatic rings. The van der Waals surface area contributed by atoms with E-state index >= 15 is 0 Å². The second-order valence-electron chi connectivity index (χ2n) is 5.17. The standard InChI is InChI=1S/C15H16F3N3O4S/c1-2-7-19-14(22)20-25-12-6-8-21(10-12)26(23,24)13-5-3-4-11(9-13)15(16,17)18/h3-6,8-10H,2,7H2,1H3,(H2,19,20,22). The van der Waals surface area contributed by atoms with Gasteiger partial charge in [-0.05, 0) is 24.6 Å². The van der Waals surface area contributed by atoms with Gasteiger partial charge in [0.15, 0.2) is 5.75 Å². The van der Waals surface area contributed by atoms with Crippen LogP contribution < -0.4 is 15.6 Å². The van der Waals surface area contributed by atoms with Gasteiger partial charge in [-0.2, -0.15) is 18.7 Å². The number of aromatic nitrogens is 1. The van der Waals surface area contributed by atoms with Crippen LogP contribution in [-0.2, 0) is 16.2 Å². The van der Waals surface area contributed by atoms with Gasteiger partial charge in [0.2, 0.25) is 0 Å². The highest BCUT2D eigenvalue weighted by atomic mass is 32.2. The molecule has 142 valence electrons. The fourth-order valence-electron chi connectivity index (χ4n) is 1.90. The Morgan fingerprint density at radius 3 is 2.65 bits per heavy atom. The van der Waals surface area contributed by atoms with Crippen LogP contribution in [0, 0.1) is 0 Å². The maximum absolute atomic E-state index is 12.8. The molecule has 2 aromatic rings. The first-order valence-corrected chi connectivity index (χ1v) is 8.90. The molecule has 7 nitrogen and oxygen atoms in total. The summed E-state index contributed by atoms with van der Waals surface area (Å²) in [6.45, 7) is 2.29. The van der Waals surface area contributed by atoms with Gasteiger partial charge in [0.25, 0.3) is 10.0 Å². The van der Waals surface area contributed by atoms with E-state index in [1.807, 2.05) is 6.92 Å². The summed E-state index contributed by atoms with van der Waals surface area (Å²) in [6, 6.07) is 4.03. The Balaban J connectivity index is 2.16. The smallest absolute Gasteiger partial charge is 0.376 e. The third kappa shape index (κ3) is 4.69. The Hall–Kier alpha value is -2.69. The van der Waals surface area contributed by atoms with Gasteiger partial charge in [-0.3, -0.25) is 0 Å². The number of nitrogens with one attached hydrogen (secondary N) is 2. The first-order chi connectivity index (χ1) is 12.1. The van der Waals surface area contributed by atoms with Crippen LogP contribution in [0.4, 0.5) is 18.0 Å². The third-order valence-corrected chi connectivity index (χ3v) is 4.81. The van der Waals surface area contributed by atoms with Crippen LogP contribution in [0.15, 0.2) is 47.6 Å². The van der Waals surface area contributed by atoms with Crippen LogP contribution in [0.1, 0.15) is 18.9 Å². The van der Waals surface area contributed by atoms with Crippen LogP contribution in [0.25, 0.3) is 0 Å². The molecular weight excluding hydrogens is 375 g/mol. The van der Waals surface area contributed by atoms with Crippen molar-refractivity contribution < 1.29 is 31.2 Å². The highest BCUT2D eigenvalue weighted by Crippen LogP contribution is 2.31. The number of hydroxylamine groups is 1. The zero-order valence-electron chi connectivity index (χ0n) is 13.6. The predicted octanol–water partition coefficient (Wildman–Crippen LogP) is 2.75. The second-order valence-corrected chi connectivity index (χ2v) is 7.01. The highest BCUT2D eigenvalue weighted by molar-refractivity contribution is 7.90. The number of nitrogens with zero attached hydrogens (tertiary/aromatic N) is 1. The van der Waals surface area contributed by atoms with Crippen LogP contribution in [-0.4, -0.2) is 25.0 Å². The summed E-state index contributed by atoms with van der Waals surface area (Å²) in [6.07, 6.45) is -1.82. The fraction of sp³-hybridized carbons (Fsp3) is 0.267. The number of urea groups is 1. The van der Waals surface area contributed by atoms with Gasteiger partial charge in [-0.1, -0.05) is 13.0 Å². The summed E-state index contributed by atoms with van der Waals surface area (Å²) < 4.78 is 63.9. The predicted molar refractivity (Wildman–Crippen MR) is 85.9 cm³/mol. The quantitative estimate of drug-likeness (QED) is 0.741. The number of carbonyl (C=O) groups is 1. The average molecular weight is 391 g/mol.